The van der Waals surface area contributed by atoms with E-state index in [1.807, 2.05) is 0 Å². The van der Waals surface area contributed by atoms with Gasteiger partial charge in [-0.3, -0.25) is 4.79 Å². The van der Waals surface area contributed by atoms with Crippen LogP contribution in [0.25, 0.3) is 0 Å². The first-order chi connectivity index (χ1) is 9.89. The number of allylic oxidation sites excluding steroid dienone is 1. The lowest BCUT2D eigenvalue weighted by Gasteiger charge is -2.11. The lowest BCUT2D eigenvalue weighted by atomic mass is 10.1. The first-order valence-corrected chi connectivity index (χ1v) is 6.71. The largest absolute Gasteiger partial charge is 0.419 e. The third-order valence-electron chi connectivity index (χ3n) is 3.42. The molecule has 1 N–H and O–H groups in total. The van der Waals surface area contributed by atoms with Gasteiger partial charge in [0.2, 0.25) is 0 Å². The Hall–Kier alpha value is -1.85. The Bertz CT molecular complexity index is 563. The average molecular weight is 301 g/mol. The van der Waals surface area contributed by atoms with Gasteiger partial charge in [-0.2, -0.15) is 13.2 Å². The smallest absolute Gasteiger partial charge is 0.352 e. The summed E-state index contributed by atoms with van der Waals surface area (Å²) in [6.45, 7) is 0.292. The zero-order valence-electron chi connectivity index (χ0n) is 11.3. The normalized spacial score (nSPS) is 15.0. The van der Waals surface area contributed by atoms with Gasteiger partial charge >= 0.3 is 6.18 Å². The molecule has 1 aromatic rings. The summed E-state index contributed by atoms with van der Waals surface area (Å²) < 4.78 is 51.5. The SMILES string of the molecule is O=C(NCCC1=CCCC1)c1cccc(C(F)(F)F)c1F. The van der Waals surface area contributed by atoms with Gasteiger partial charge in [-0.15, -0.1) is 0 Å². The summed E-state index contributed by atoms with van der Waals surface area (Å²) in [4.78, 5) is 11.8. The van der Waals surface area contributed by atoms with Crippen LogP contribution in [0, 0.1) is 5.82 Å². The van der Waals surface area contributed by atoms with Gasteiger partial charge in [0.25, 0.3) is 5.91 Å². The van der Waals surface area contributed by atoms with Crippen LogP contribution in [-0.4, -0.2) is 12.5 Å². The van der Waals surface area contributed by atoms with Crippen LogP contribution in [0.5, 0.6) is 0 Å². The van der Waals surface area contributed by atoms with Crippen molar-refractivity contribution in [2.24, 2.45) is 0 Å². The molecule has 0 spiro atoms. The number of hydrogen-bond donors (Lipinski definition) is 1. The summed E-state index contributed by atoms with van der Waals surface area (Å²) in [6, 6.07) is 2.70. The van der Waals surface area contributed by atoms with E-state index < -0.39 is 29.0 Å². The summed E-state index contributed by atoms with van der Waals surface area (Å²) in [6.07, 6.45) is 1.02. The standard InChI is InChI=1S/C15H15F4NO/c16-13-11(6-3-7-12(13)15(17,18)19)14(21)20-9-8-10-4-1-2-5-10/h3-4,6-7H,1-2,5,8-9H2,(H,20,21). The molecule has 1 aromatic carbocycles. The molecule has 1 aliphatic carbocycles. The number of nitrogens with one attached hydrogen (secondary N) is 1. The molecule has 21 heavy (non-hydrogen) atoms. The molecule has 0 fully saturated rings. The van der Waals surface area contributed by atoms with Crippen LogP contribution >= 0.6 is 0 Å². The summed E-state index contributed by atoms with van der Waals surface area (Å²) in [5, 5.41) is 2.46. The molecule has 0 unspecified atom stereocenters. The van der Waals surface area contributed by atoms with E-state index in [9.17, 15) is 22.4 Å². The van der Waals surface area contributed by atoms with Gasteiger partial charge in [0, 0.05) is 6.54 Å². The molecular formula is C15H15F4NO. The number of alkyl halides is 3. The van der Waals surface area contributed by atoms with Crippen molar-refractivity contribution in [2.75, 3.05) is 6.54 Å². The van der Waals surface area contributed by atoms with Gasteiger partial charge in [-0.25, -0.2) is 4.39 Å². The van der Waals surface area contributed by atoms with Crippen LogP contribution in [0.15, 0.2) is 29.8 Å². The van der Waals surface area contributed by atoms with E-state index in [0.717, 1.165) is 31.4 Å². The third kappa shape index (κ3) is 3.83. The second-order valence-electron chi connectivity index (χ2n) is 4.93. The van der Waals surface area contributed by atoms with E-state index in [2.05, 4.69) is 11.4 Å². The van der Waals surface area contributed by atoms with Crippen molar-refractivity contribution in [1.29, 1.82) is 0 Å². The fourth-order valence-electron chi connectivity index (χ4n) is 2.32. The highest BCUT2D eigenvalue weighted by Crippen LogP contribution is 2.32. The van der Waals surface area contributed by atoms with Crippen molar-refractivity contribution >= 4 is 5.91 Å². The molecule has 0 bridgehead atoms. The molecule has 0 heterocycles. The fourth-order valence-corrected chi connectivity index (χ4v) is 2.32. The minimum atomic E-state index is -4.81. The highest BCUT2D eigenvalue weighted by Gasteiger charge is 2.35. The number of carbonyl (C=O) groups is 1. The maximum atomic E-state index is 13.8. The minimum Gasteiger partial charge on any atom is -0.352 e. The molecular weight excluding hydrogens is 286 g/mol. The van der Waals surface area contributed by atoms with Crippen LogP contribution in [0.2, 0.25) is 0 Å². The topological polar surface area (TPSA) is 29.1 Å². The molecule has 1 aliphatic rings. The Kier molecular flexibility index (Phi) is 4.65. The van der Waals surface area contributed by atoms with E-state index in [1.54, 1.807) is 0 Å². The number of benzene rings is 1. The Morgan fingerprint density at radius 3 is 2.67 bits per heavy atom. The Morgan fingerprint density at radius 2 is 2.05 bits per heavy atom. The molecule has 0 atom stereocenters. The van der Waals surface area contributed by atoms with Gasteiger partial charge in [0.1, 0.15) is 5.82 Å². The van der Waals surface area contributed by atoms with E-state index in [0.29, 0.717) is 19.0 Å². The molecule has 6 heteroatoms. The fraction of sp³-hybridized carbons (Fsp3) is 0.400. The van der Waals surface area contributed by atoms with E-state index in [1.165, 1.54) is 5.57 Å². The molecule has 0 radical (unpaired) electrons. The van der Waals surface area contributed by atoms with Crippen LogP contribution in [0.4, 0.5) is 17.6 Å². The van der Waals surface area contributed by atoms with Crippen LogP contribution in [0.3, 0.4) is 0 Å². The molecule has 114 valence electrons. The van der Waals surface area contributed by atoms with Crippen molar-refractivity contribution in [3.05, 3.63) is 46.8 Å². The second kappa shape index (κ2) is 6.28. The van der Waals surface area contributed by atoms with Gasteiger partial charge in [0.15, 0.2) is 0 Å². The number of halogens is 4. The molecule has 1 amide bonds. The molecule has 2 rings (SSSR count). The predicted molar refractivity (Wildman–Crippen MR) is 70.3 cm³/mol. The highest BCUT2D eigenvalue weighted by molar-refractivity contribution is 5.94. The Labute approximate surface area is 119 Å². The first-order valence-electron chi connectivity index (χ1n) is 6.71. The van der Waals surface area contributed by atoms with Crippen molar-refractivity contribution in [3.63, 3.8) is 0 Å². The maximum absolute atomic E-state index is 13.8. The summed E-state index contributed by atoms with van der Waals surface area (Å²) in [7, 11) is 0. The number of hydrogen-bond acceptors (Lipinski definition) is 1. The van der Waals surface area contributed by atoms with Gasteiger partial charge in [-0.1, -0.05) is 17.7 Å². The quantitative estimate of drug-likeness (QED) is 0.659. The minimum absolute atomic E-state index is 0.292. The zero-order chi connectivity index (χ0) is 15.5. The highest BCUT2D eigenvalue weighted by atomic mass is 19.4. The van der Waals surface area contributed by atoms with E-state index >= 15 is 0 Å². The summed E-state index contributed by atoms with van der Waals surface area (Å²) in [5.41, 5.74) is -0.779. The van der Waals surface area contributed by atoms with Crippen molar-refractivity contribution < 1.29 is 22.4 Å². The monoisotopic (exact) mass is 301 g/mol. The number of carbonyl (C=O) groups excluding carboxylic acids is 1. The average Bonchev–Trinajstić information content (AvgIpc) is 2.90. The number of amides is 1. The van der Waals surface area contributed by atoms with Gasteiger partial charge < -0.3 is 5.32 Å². The third-order valence-corrected chi connectivity index (χ3v) is 3.42. The van der Waals surface area contributed by atoms with E-state index in [4.69, 9.17) is 0 Å². The van der Waals surface area contributed by atoms with E-state index in [-0.39, 0.29) is 0 Å². The lowest BCUT2D eigenvalue weighted by molar-refractivity contribution is -0.140. The van der Waals surface area contributed by atoms with Crippen molar-refractivity contribution in [1.82, 2.24) is 5.32 Å². The first kappa shape index (κ1) is 15.5. The van der Waals surface area contributed by atoms with Crippen molar-refractivity contribution in [2.45, 2.75) is 31.9 Å². The second-order valence-corrected chi connectivity index (χ2v) is 4.93. The molecule has 0 saturated heterocycles. The lowest BCUT2D eigenvalue weighted by Crippen LogP contribution is -2.26. The number of rotatable bonds is 4. The molecule has 0 aromatic heterocycles. The molecule has 2 nitrogen and oxygen atoms in total. The van der Waals surface area contributed by atoms with Crippen LogP contribution < -0.4 is 5.32 Å². The van der Waals surface area contributed by atoms with Gasteiger partial charge in [0.05, 0.1) is 11.1 Å². The molecule has 0 aliphatic heterocycles. The molecule has 0 saturated carbocycles. The Balaban J connectivity index is 2.02. The Morgan fingerprint density at radius 1 is 1.29 bits per heavy atom. The van der Waals surface area contributed by atoms with Crippen LogP contribution in [-0.2, 0) is 6.18 Å². The maximum Gasteiger partial charge on any atom is 0.419 e. The zero-order valence-corrected chi connectivity index (χ0v) is 11.3. The summed E-state index contributed by atoms with van der Waals surface area (Å²) in [5.74, 6) is -2.35. The van der Waals surface area contributed by atoms with Crippen molar-refractivity contribution in [3.8, 4) is 0 Å². The van der Waals surface area contributed by atoms with Gasteiger partial charge in [-0.05, 0) is 37.8 Å². The van der Waals surface area contributed by atoms with Crippen LogP contribution in [0.1, 0.15) is 41.6 Å². The summed E-state index contributed by atoms with van der Waals surface area (Å²) >= 11 is 0. The predicted octanol–water partition coefficient (Wildman–Crippen LogP) is 4.07.